The van der Waals surface area contributed by atoms with Crippen LogP contribution in [0.3, 0.4) is 0 Å². The molecule has 1 aliphatic rings. The van der Waals surface area contributed by atoms with Crippen molar-refractivity contribution >= 4 is 29.0 Å². The number of amides is 1. The Morgan fingerprint density at radius 3 is 2.95 bits per heavy atom. The maximum atomic E-state index is 11.7. The van der Waals surface area contributed by atoms with Gasteiger partial charge in [-0.15, -0.1) is 23.1 Å². The molecule has 1 aromatic rings. The van der Waals surface area contributed by atoms with Crippen LogP contribution in [-0.2, 0) is 10.5 Å². The highest BCUT2D eigenvalue weighted by Crippen LogP contribution is 2.28. The molecule has 106 valence electrons. The number of nitrogens with zero attached hydrogens (tertiary/aromatic N) is 1. The highest BCUT2D eigenvalue weighted by Gasteiger charge is 2.31. The molecule has 0 unspecified atom stereocenters. The van der Waals surface area contributed by atoms with Gasteiger partial charge in [-0.05, 0) is 19.8 Å². The third kappa shape index (κ3) is 4.78. The van der Waals surface area contributed by atoms with Gasteiger partial charge in [-0.2, -0.15) is 0 Å². The minimum absolute atomic E-state index is 0.00252. The van der Waals surface area contributed by atoms with Crippen molar-refractivity contribution in [1.29, 1.82) is 0 Å². The quantitative estimate of drug-likeness (QED) is 0.844. The van der Waals surface area contributed by atoms with Crippen LogP contribution in [0.2, 0.25) is 0 Å². The molecule has 2 rings (SSSR count). The number of carbonyl (C=O) groups is 1. The summed E-state index contributed by atoms with van der Waals surface area (Å²) in [5.74, 6) is 1.19. The van der Waals surface area contributed by atoms with E-state index in [1.165, 1.54) is 0 Å². The second kappa shape index (κ2) is 6.72. The number of thiazole rings is 1. The van der Waals surface area contributed by atoms with Gasteiger partial charge in [-0.1, -0.05) is 12.8 Å². The van der Waals surface area contributed by atoms with Gasteiger partial charge in [0.1, 0.15) is 0 Å². The highest BCUT2D eigenvalue weighted by atomic mass is 32.2. The van der Waals surface area contributed by atoms with E-state index in [4.69, 9.17) is 0 Å². The molecule has 19 heavy (non-hydrogen) atoms. The highest BCUT2D eigenvalue weighted by molar-refractivity contribution is 7.99. The van der Waals surface area contributed by atoms with Gasteiger partial charge < -0.3 is 10.4 Å². The van der Waals surface area contributed by atoms with E-state index in [2.05, 4.69) is 10.3 Å². The van der Waals surface area contributed by atoms with E-state index >= 15 is 0 Å². The number of aromatic nitrogens is 1. The zero-order valence-electron chi connectivity index (χ0n) is 11.1. The Kier molecular flexibility index (Phi) is 5.24. The molecule has 1 aliphatic carbocycles. The maximum absolute atomic E-state index is 11.7. The molecular weight excluding hydrogens is 280 g/mol. The molecule has 0 bridgehead atoms. The number of aliphatic hydroxyl groups is 1. The number of hydrogen-bond acceptors (Lipinski definition) is 5. The predicted octanol–water partition coefficient (Wildman–Crippen LogP) is 2.11. The van der Waals surface area contributed by atoms with Gasteiger partial charge in [-0.25, -0.2) is 4.98 Å². The summed E-state index contributed by atoms with van der Waals surface area (Å²) in [6.45, 7) is 2.37. The molecule has 0 spiro atoms. The van der Waals surface area contributed by atoms with Crippen LogP contribution in [-0.4, -0.2) is 33.9 Å². The third-order valence-electron chi connectivity index (χ3n) is 3.30. The fraction of sp³-hybridized carbons (Fsp3) is 0.692. The van der Waals surface area contributed by atoms with Crippen LogP contribution in [0.25, 0.3) is 0 Å². The molecule has 0 aliphatic heterocycles. The van der Waals surface area contributed by atoms with Crippen molar-refractivity contribution in [1.82, 2.24) is 10.3 Å². The molecule has 6 heteroatoms. The second-order valence-electron chi connectivity index (χ2n) is 5.06. The number of nitrogens with one attached hydrogen (secondary N) is 1. The molecule has 1 fully saturated rings. The lowest BCUT2D eigenvalue weighted by molar-refractivity contribution is -0.119. The number of thioether (sulfide) groups is 1. The predicted molar refractivity (Wildman–Crippen MR) is 79.4 cm³/mol. The van der Waals surface area contributed by atoms with Crippen LogP contribution in [0.5, 0.6) is 0 Å². The lowest BCUT2D eigenvalue weighted by Gasteiger charge is -2.22. The zero-order chi connectivity index (χ0) is 13.7. The summed E-state index contributed by atoms with van der Waals surface area (Å²) in [7, 11) is 0. The van der Waals surface area contributed by atoms with Crippen molar-refractivity contribution in [2.45, 2.75) is 44.0 Å². The number of hydrogen-bond donors (Lipinski definition) is 2. The van der Waals surface area contributed by atoms with Gasteiger partial charge in [0, 0.05) is 17.7 Å². The molecule has 1 aromatic heterocycles. The summed E-state index contributed by atoms with van der Waals surface area (Å²) < 4.78 is 0. The standard InChI is InChI=1S/C13H20N2O2S2/c1-10-15-11(7-19-10)6-18-8-12(16)14-9-13(17)4-2-3-5-13/h7,17H,2-6,8-9H2,1H3,(H,14,16). The van der Waals surface area contributed by atoms with Gasteiger partial charge in [0.15, 0.2) is 0 Å². The fourth-order valence-corrected chi connectivity index (χ4v) is 3.71. The molecule has 0 radical (unpaired) electrons. The minimum atomic E-state index is -0.660. The van der Waals surface area contributed by atoms with Gasteiger partial charge in [0.05, 0.1) is 22.1 Å². The summed E-state index contributed by atoms with van der Waals surface area (Å²) in [6, 6.07) is 0. The Balaban J connectivity index is 1.62. The second-order valence-corrected chi connectivity index (χ2v) is 7.11. The Morgan fingerprint density at radius 2 is 2.32 bits per heavy atom. The van der Waals surface area contributed by atoms with Crippen molar-refractivity contribution in [3.63, 3.8) is 0 Å². The topological polar surface area (TPSA) is 62.2 Å². The van der Waals surface area contributed by atoms with Crippen LogP contribution in [0.15, 0.2) is 5.38 Å². The first kappa shape index (κ1) is 14.8. The van der Waals surface area contributed by atoms with E-state index in [9.17, 15) is 9.90 Å². The Hall–Kier alpha value is -0.590. The van der Waals surface area contributed by atoms with Crippen molar-refractivity contribution in [2.24, 2.45) is 0 Å². The molecule has 4 nitrogen and oxygen atoms in total. The largest absolute Gasteiger partial charge is 0.388 e. The zero-order valence-corrected chi connectivity index (χ0v) is 12.8. The first-order chi connectivity index (χ1) is 9.07. The summed E-state index contributed by atoms with van der Waals surface area (Å²) in [5, 5.41) is 16.0. The number of aryl methyl sites for hydroxylation is 1. The number of carbonyl (C=O) groups excluding carboxylic acids is 1. The normalized spacial score (nSPS) is 17.6. The maximum Gasteiger partial charge on any atom is 0.230 e. The van der Waals surface area contributed by atoms with Crippen molar-refractivity contribution in [2.75, 3.05) is 12.3 Å². The van der Waals surface area contributed by atoms with Crippen molar-refractivity contribution in [3.05, 3.63) is 16.1 Å². The first-order valence-corrected chi connectivity index (χ1v) is 8.59. The Labute approximate surface area is 122 Å². The van der Waals surface area contributed by atoms with E-state index in [1.807, 2.05) is 12.3 Å². The van der Waals surface area contributed by atoms with E-state index in [1.54, 1.807) is 23.1 Å². The van der Waals surface area contributed by atoms with Crippen molar-refractivity contribution < 1.29 is 9.90 Å². The molecule has 1 amide bonds. The van der Waals surface area contributed by atoms with Gasteiger partial charge in [0.25, 0.3) is 0 Å². The van der Waals surface area contributed by atoms with Crippen LogP contribution in [0.1, 0.15) is 36.4 Å². The molecule has 2 N–H and O–H groups in total. The van der Waals surface area contributed by atoms with Crippen molar-refractivity contribution in [3.8, 4) is 0 Å². The van der Waals surface area contributed by atoms with E-state index < -0.39 is 5.60 Å². The molecule has 0 atom stereocenters. The minimum Gasteiger partial charge on any atom is -0.388 e. The van der Waals surface area contributed by atoms with Crippen LogP contribution in [0, 0.1) is 6.92 Å². The molecule has 0 aromatic carbocycles. The van der Waals surface area contributed by atoms with Crippen LogP contribution >= 0.6 is 23.1 Å². The van der Waals surface area contributed by atoms with Gasteiger partial charge in [0.2, 0.25) is 5.91 Å². The molecular formula is C13H20N2O2S2. The lowest BCUT2D eigenvalue weighted by atomic mass is 10.0. The van der Waals surface area contributed by atoms with Gasteiger partial charge in [-0.3, -0.25) is 4.79 Å². The summed E-state index contributed by atoms with van der Waals surface area (Å²) in [4.78, 5) is 16.0. The summed E-state index contributed by atoms with van der Waals surface area (Å²) >= 11 is 3.19. The Morgan fingerprint density at radius 1 is 1.58 bits per heavy atom. The smallest absolute Gasteiger partial charge is 0.230 e. The fourth-order valence-electron chi connectivity index (χ4n) is 2.25. The van der Waals surface area contributed by atoms with E-state index in [0.29, 0.717) is 12.3 Å². The van der Waals surface area contributed by atoms with E-state index in [-0.39, 0.29) is 5.91 Å². The lowest BCUT2D eigenvalue weighted by Crippen LogP contribution is -2.41. The summed E-state index contributed by atoms with van der Waals surface area (Å²) in [6.07, 6.45) is 3.73. The average molecular weight is 300 g/mol. The molecule has 0 saturated heterocycles. The van der Waals surface area contributed by atoms with Crippen LogP contribution in [0.4, 0.5) is 0 Å². The monoisotopic (exact) mass is 300 g/mol. The first-order valence-electron chi connectivity index (χ1n) is 6.55. The van der Waals surface area contributed by atoms with Gasteiger partial charge >= 0.3 is 0 Å². The summed E-state index contributed by atoms with van der Waals surface area (Å²) in [5.41, 5.74) is 0.376. The molecule has 1 heterocycles. The van der Waals surface area contributed by atoms with E-state index in [0.717, 1.165) is 42.1 Å². The SMILES string of the molecule is Cc1nc(CSCC(=O)NCC2(O)CCCC2)cs1. The average Bonchev–Trinajstić information content (AvgIpc) is 2.97. The van der Waals surface area contributed by atoms with Crippen LogP contribution < -0.4 is 5.32 Å². The Bertz CT molecular complexity index is 428. The third-order valence-corrected chi connectivity index (χ3v) is 5.09. The molecule has 1 saturated carbocycles. The number of rotatable bonds is 6.